The maximum absolute atomic E-state index is 5.95. The van der Waals surface area contributed by atoms with Crippen molar-refractivity contribution in [3.63, 3.8) is 0 Å². The SMILES string of the molecule is Clc1ccc(-c2ccc3nnc(C4CCNCC4)n3n2)cc1. The van der Waals surface area contributed by atoms with Gasteiger partial charge in [-0.15, -0.1) is 10.2 Å². The second-order valence-corrected chi connectivity index (χ2v) is 6.01. The van der Waals surface area contributed by atoms with Gasteiger partial charge < -0.3 is 5.32 Å². The third-order valence-electron chi connectivity index (χ3n) is 4.13. The minimum Gasteiger partial charge on any atom is -0.317 e. The summed E-state index contributed by atoms with van der Waals surface area (Å²) in [6.45, 7) is 2.05. The van der Waals surface area contributed by atoms with Gasteiger partial charge in [-0.25, -0.2) is 0 Å². The van der Waals surface area contributed by atoms with Crippen LogP contribution in [0.25, 0.3) is 16.9 Å². The number of nitrogens with one attached hydrogen (secondary N) is 1. The van der Waals surface area contributed by atoms with Gasteiger partial charge in [-0.3, -0.25) is 0 Å². The van der Waals surface area contributed by atoms with E-state index in [1.54, 1.807) is 0 Å². The van der Waals surface area contributed by atoms with Crippen molar-refractivity contribution >= 4 is 17.2 Å². The monoisotopic (exact) mass is 313 g/mol. The molecule has 3 heterocycles. The Kier molecular flexibility index (Phi) is 3.52. The normalized spacial score (nSPS) is 16.2. The number of nitrogens with zero attached hydrogens (tertiary/aromatic N) is 4. The number of hydrogen-bond acceptors (Lipinski definition) is 4. The van der Waals surface area contributed by atoms with Crippen LogP contribution in [-0.4, -0.2) is 32.9 Å². The van der Waals surface area contributed by atoms with Crippen LogP contribution >= 0.6 is 11.6 Å². The Balaban J connectivity index is 1.77. The average molecular weight is 314 g/mol. The topological polar surface area (TPSA) is 55.1 Å². The van der Waals surface area contributed by atoms with Crippen LogP contribution in [0.4, 0.5) is 0 Å². The minimum atomic E-state index is 0.421. The molecule has 1 saturated heterocycles. The molecule has 0 amide bonds. The van der Waals surface area contributed by atoms with Gasteiger partial charge >= 0.3 is 0 Å². The fraction of sp³-hybridized carbons (Fsp3) is 0.312. The van der Waals surface area contributed by atoms with Crippen molar-refractivity contribution in [1.29, 1.82) is 0 Å². The van der Waals surface area contributed by atoms with Crippen molar-refractivity contribution in [3.8, 4) is 11.3 Å². The highest BCUT2D eigenvalue weighted by molar-refractivity contribution is 6.30. The lowest BCUT2D eigenvalue weighted by molar-refractivity contribution is 0.439. The van der Waals surface area contributed by atoms with Gasteiger partial charge in [0, 0.05) is 16.5 Å². The minimum absolute atomic E-state index is 0.421. The molecule has 1 fully saturated rings. The van der Waals surface area contributed by atoms with Crippen molar-refractivity contribution in [2.24, 2.45) is 0 Å². The van der Waals surface area contributed by atoms with Crippen molar-refractivity contribution < 1.29 is 0 Å². The zero-order valence-electron chi connectivity index (χ0n) is 12.0. The molecule has 22 heavy (non-hydrogen) atoms. The molecule has 6 heteroatoms. The smallest absolute Gasteiger partial charge is 0.177 e. The second-order valence-electron chi connectivity index (χ2n) is 5.58. The molecule has 0 radical (unpaired) electrons. The molecule has 0 unspecified atom stereocenters. The maximum Gasteiger partial charge on any atom is 0.177 e. The zero-order valence-corrected chi connectivity index (χ0v) is 12.8. The van der Waals surface area contributed by atoms with Gasteiger partial charge in [0.2, 0.25) is 0 Å². The molecule has 1 N–H and O–H groups in total. The van der Waals surface area contributed by atoms with Crippen LogP contribution in [0.15, 0.2) is 36.4 Å². The Bertz CT molecular complexity index is 790. The largest absolute Gasteiger partial charge is 0.317 e. The summed E-state index contributed by atoms with van der Waals surface area (Å²) >= 11 is 5.95. The van der Waals surface area contributed by atoms with Gasteiger partial charge in [0.15, 0.2) is 11.5 Å². The summed E-state index contributed by atoms with van der Waals surface area (Å²) in [5, 5.41) is 17.5. The van der Waals surface area contributed by atoms with Crippen LogP contribution in [0.3, 0.4) is 0 Å². The van der Waals surface area contributed by atoms with Crippen molar-refractivity contribution in [2.45, 2.75) is 18.8 Å². The first kappa shape index (κ1) is 13.7. The molecule has 1 aromatic carbocycles. The quantitative estimate of drug-likeness (QED) is 0.790. The molecule has 112 valence electrons. The van der Waals surface area contributed by atoms with Crippen molar-refractivity contribution in [2.75, 3.05) is 13.1 Å². The maximum atomic E-state index is 5.95. The standard InChI is InChI=1S/C16H16ClN5/c17-13-3-1-11(2-4-13)14-5-6-15-19-20-16(22(15)21-14)12-7-9-18-10-8-12/h1-6,12,18H,7-10H2. The number of rotatable bonds is 2. The Morgan fingerprint density at radius 3 is 2.55 bits per heavy atom. The van der Waals surface area contributed by atoms with Crippen LogP contribution in [0.2, 0.25) is 5.02 Å². The summed E-state index contributed by atoms with van der Waals surface area (Å²) in [5.41, 5.74) is 2.74. The lowest BCUT2D eigenvalue weighted by atomic mass is 9.97. The fourth-order valence-corrected chi connectivity index (χ4v) is 3.04. The highest BCUT2D eigenvalue weighted by atomic mass is 35.5. The highest BCUT2D eigenvalue weighted by Gasteiger charge is 2.21. The third kappa shape index (κ3) is 2.46. The number of aromatic nitrogens is 4. The van der Waals surface area contributed by atoms with Gasteiger partial charge in [0.25, 0.3) is 0 Å². The summed E-state index contributed by atoms with van der Waals surface area (Å²) in [5.74, 6) is 1.39. The number of benzene rings is 1. The number of halogens is 1. The lowest BCUT2D eigenvalue weighted by Gasteiger charge is -2.20. The van der Waals surface area contributed by atoms with E-state index in [4.69, 9.17) is 16.7 Å². The summed E-state index contributed by atoms with van der Waals surface area (Å²) in [4.78, 5) is 0. The molecule has 0 spiro atoms. The first-order chi connectivity index (χ1) is 10.8. The molecule has 2 aromatic heterocycles. The van der Waals surface area contributed by atoms with E-state index in [2.05, 4.69) is 15.5 Å². The van der Waals surface area contributed by atoms with E-state index in [0.29, 0.717) is 5.92 Å². The molecule has 4 rings (SSSR count). The van der Waals surface area contributed by atoms with Gasteiger partial charge in [0.05, 0.1) is 5.69 Å². The Morgan fingerprint density at radius 1 is 1.00 bits per heavy atom. The number of piperidine rings is 1. The van der Waals surface area contributed by atoms with E-state index in [1.165, 1.54) is 0 Å². The Morgan fingerprint density at radius 2 is 1.77 bits per heavy atom. The third-order valence-corrected chi connectivity index (χ3v) is 4.38. The lowest BCUT2D eigenvalue weighted by Crippen LogP contribution is -2.27. The Labute approximate surface area is 133 Å². The van der Waals surface area contributed by atoms with Gasteiger partial charge in [-0.1, -0.05) is 23.7 Å². The van der Waals surface area contributed by atoms with Crippen LogP contribution in [0.5, 0.6) is 0 Å². The summed E-state index contributed by atoms with van der Waals surface area (Å²) in [7, 11) is 0. The molecule has 5 nitrogen and oxygen atoms in total. The molecule has 1 aliphatic rings. The molecule has 0 aliphatic carbocycles. The van der Waals surface area contributed by atoms with E-state index >= 15 is 0 Å². The Hall–Kier alpha value is -1.98. The fourth-order valence-electron chi connectivity index (χ4n) is 2.91. The zero-order chi connectivity index (χ0) is 14.9. The summed E-state index contributed by atoms with van der Waals surface area (Å²) in [6.07, 6.45) is 2.15. The van der Waals surface area contributed by atoms with Crippen LogP contribution in [0, 0.1) is 0 Å². The van der Waals surface area contributed by atoms with E-state index < -0.39 is 0 Å². The van der Waals surface area contributed by atoms with Crippen LogP contribution < -0.4 is 5.32 Å². The average Bonchev–Trinajstić information content (AvgIpc) is 2.99. The van der Waals surface area contributed by atoms with E-state index in [-0.39, 0.29) is 0 Å². The second kappa shape index (κ2) is 5.66. The van der Waals surface area contributed by atoms with Gasteiger partial charge in [0.1, 0.15) is 0 Å². The molecular formula is C16H16ClN5. The van der Waals surface area contributed by atoms with Crippen LogP contribution in [-0.2, 0) is 0 Å². The predicted octanol–water partition coefficient (Wildman–Crippen LogP) is 2.91. The number of hydrogen-bond donors (Lipinski definition) is 1. The molecule has 1 aliphatic heterocycles. The molecule has 0 bridgehead atoms. The molecular weight excluding hydrogens is 298 g/mol. The predicted molar refractivity (Wildman–Crippen MR) is 86.1 cm³/mol. The van der Waals surface area contributed by atoms with Crippen molar-refractivity contribution in [3.05, 3.63) is 47.2 Å². The molecule has 0 atom stereocenters. The van der Waals surface area contributed by atoms with Crippen molar-refractivity contribution in [1.82, 2.24) is 25.1 Å². The summed E-state index contributed by atoms with van der Waals surface area (Å²) < 4.78 is 1.89. The van der Waals surface area contributed by atoms with Gasteiger partial charge in [-0.2, -0.15) is 9.61 Å². The molecule has 0 saturated carbocycles. The number of fused-ring (bicyclic) bond motifs is 1. The van der Waals surface area contributed by atoms with E-state index in [0.717, 1.165) is 53.7 Å². The van der Waals surface area contributed by atoms with Crippen LogP contribution in [0.1, 0.15) is 24.6 Å². The van der Waals surface area contributed by atoms with E-state index in [1.807, 2.05) is 40.9 Å². The van der Waals surface area contributed by atoms with E-state index in [9.17, 15) is 0 Å². The first-order valence-electron chi connectivity index (χ1n) is 7.50. The first-order valence-corrected chi connectivity index (χ1v) is 7.88. The molecule has 3 aromatic rings. The summed E-state index contributed by atoms with van der Waals surface area (Å²) in [6, 6.07) is 11.6. The van der Waals surface area contributed by atoms with Gasteiger partial charge in [-0.05, 0) is 50.2 Å². The highest BCUT2D eigenvalue weighted by Crippen LogP contribution is 2.25.